The molecule has 1 aromatic rings. The molecule has 0 aliphatic heterocycles. The van der Waals surface area contributed by atoms with Crippen LogP contribution in [0.1, 0.15) is 122 Å². The predicted molar refractivity (Wildman–Crippen MR) is 141 cm³/mol. The van der Waals surface area contributed by atoms with E-state index in [0.717, 1.165) is 44.3 Å². The Labute approximate surface area is 217 Å². The number of halogens is 1. The van der Waals surface area contributed by atoms with Gasteiger partial charge in [-0.3, -0.25) is 4.79 Å². The van der Waals surface area contributed by atoms with Crippen molar-refractivity contribution >= 4 is 5.97 Å². The molecule has 5 heteroatoms. The molecule has 36 heavy (non-hydrogen) atoms. The summed E-state index contributed by atoms with van der Waals surface area (Å²) < 4.78 is 25.4. The minimum absolute atomic E-state index is 0.0514. The lowest BCUT2D eigenvalue weighted by molar-refractivity contribution is -0.141. The second-order valence-corrected chi connectivity index (χ2v) is 11.1. The van der Waals surface area contributed by atoms with Crippen LogP contribution in [0.15, 0.2) is 18.2 Å². The number of nitriles is 1. The van der Waals surface area contributed by atoms with Gasteiger partial charge in [0.1, 0.15) is 17.6 Å². The fourth-order valence-electron chi connectivity index (χ4n) is 5.84. The van der Waals surface area contributed by atoms with E-state index in [-0.39, 0.29) is 29.3 Å². The summed E-state index contributed by atoms with van der Waals surface area (Å²) >= 11 is 0. The zero-order chi connectivity index (χ0) is 25.6. The van der Waals surface area contributed by atoms with Gasteiger partial charge in [-0.25, -0.2) is 4.39 Å². The molecule has 0 spiro atoms. The van der Waals surface area contributed by atoms with Crippen LogP contribution in [0, 0.1) is 34.9 Å². The number of ether oxygens (including phenoxy) is 2. The Morgan fingerprint density at radius 2 is 1.56 bits per heavy atom. The summed E-state index contributed by atoms with van der Waals surface area (Å²) in [4.78, 5) is 12.5. The molecule has 0 amide bonds. The van der Waals surface area contributed by atoms with E-state index in [0.29, 0.717) is 5.92 Å². The van der Waals surface area contributed by atoms with Crippen molar-refractivity contribution in [1.82, 2.24) is 0 Å². The molecule has 200 valence electrons. The standard InChI is InChI=1S/C31H46FNO3/c1-2-3-4-5-6-7-8-9-10-24-11-13-25(14-12-24)23-35-28-18-15-26(16-19-28)31(34)36-29-20-17-27(22-33)30(32)21-29/h17,20-21,24-26,28H,2-16,18-19,23H2,1H3/t24-,25-,26-,28-. The zero-order valence-corrected chi connectivity index (χ0v) is 22.3. The minimum Gasteiger partial charge on any atom is -0.426 e. The highest BCUT2D eigenvalue weighted by Gasteiger charge is 2.29. The number of nitrogens with zero attached hydrogens (tertiary/aromatic N) is 1. The largest absolute Gasteiger partial charge is 0.426 e. The first-order chi connectivity index (χ1) is 17.6. The Balaban J connectivity index is 1.23. The lowest BCUT2D eigenvalue weighted by Crippen LogP contribution is -2.30. The van der Waals surface area contributed by atoms with Crippen molar-refractivity contribution in [3.63, 3.8) is 0 Å². The molecule has 2 aliphatic rings. The summed E-state index contributed by atoms with van der Waals surface area (Å²) in [6.07, 6.45) is 21.4. The number of unbranched alkanes of at least 4 members (excludes halogenated alkanes) is 7. The maximum Gasteiger partial charge on any atom is 0.314 e. The van der Waals surface area contributed by atoms with E-state index in [1.807, 2.05) is 0 Å². The number of esters is 1. The molecule has 0 bridgehead atoms. The molecule has 0 heterocycles. The van der Waals surface area contributed by atoms with Crippen molar-refractivity contribution in [1.29, 1.82) is 5.26 Å². The van der Waals surface area contributed by atoms with Crippen molar-refractivity contribution in [2.75, 3.05) is 6.61 Å². The molecule has 0 aromatic heterocycles. The molecule has 0 saturated heterocycles. The van der Waals surface area contributed by atoms with Crippen LogP contribution >= 0.6 is 0 Å². The molecule has 2 fully saturated rings. The van der Waals surface area contributed by atoms with Gasteiger partial charge in [-0.2, -0.15) is 5.26 Å². The summed E-state index contributed by atoms with van der Waals surface area (Å²) in [7, 11) is 0. The molecule has 2 saturated carbocycles. The SMILES string of the molecule is CCCCCCCCCC[C@H]1CC[C@H](CO[C@H]2CC[C@H](C(=O)Oc3ccc(C#N)c(F)c3)CC2)CC1. The number of carbonyl (C=O) groups excluding carboxylic acids is 1. The Hall–Kier alpha value is -1.93. The van der Waals surface area contributed by atoms with Crippen molar-refractivity contribution in [3.8, 4) is 11.8 Å². The monoisotopic (exact) mass is 499 g/mol. The van der Waals surface area contributed by atoms with Crippen LogP contribution in [0.5, 0.6) is 5.75 Å². The van der Waals surface area contributed by atoms with E-state index in [2.05, 4.69) is 6.92 Å². The summed E-state index contributed by atoms with van der Waals surface area (Å²) in [5, 5.41) is 8.82. The zero-order valence-electron chi connectivity index (χ0n) is 22.3. The molecular formula is C31H46FNO3. The van der Waals surface area contributed by atoms with Crippen LogP contribution in [0.3, 0.4) is 0 Å². The van der Waals surface area contributed by atoms with Crippen LogP contribution < -0.4 is 4.74 Å². The number of hydrogen-bond donors (Lipinski definition) is 0. The first-order valence-electron chi connectivity index (χ1n) is 14.6. The van der Waals surface area contributed by atoms with E-state index in [9.17, 15) is 9.18 Å². The lowest BCUT2D eigenvalue weighted by Gasteiger charge is -2.31. The Morgan fingerprint density at radius 3 is 2.19 bits per heavy atom. The van der Waals surface area contributed by atoms with Crippen molar-refractivity contribution in [3.05, 3.63) is 29.6 Å². The van der Waals surface area contributed by atoms with Gasteiger partial charge in [-0.1, -0.05) is 77.6 Å². The summed E-state index contributed by atoms with van der Waals surface area (Å²) in [6.45, 7) is 3.13. The van der Waals surface area contributed by atoms with Crippen LogP contribution in [0.25, 0.3) is 0 Å². The van der Waals surface area contributed by atoms with Crippen LogP contribution in [-0.4, -0.2) is 18.7 Å². The molecule has 0 radical (unpaired) electrons. The molecular weight excluding hydrogens is 453 g/mol. The van der Waals surface area contributed by atoms with Gasteiger partial charge in [-0.05, 0) is 62.5 Å². The lowest BCUT2D eigenvalue weighted by atomic mass is 9.80. The van der Waals surface area contributed by atoms with Crippen molar-refractivity contribution in [2.45, 2.75) is 122 Å². The van der Waals surface area contributed by atoms with Crippen LogP contribution in [0.2, 0.25) is 0 Å². The van der Waals surface area contributed by atoms with Gasteiger partial charge < -0.3 is 9.47 Å². The summed E-state index contributed by atoms with van der Waals surface area (Å²) in [5.74, 6) is 0.624. The van der Waals surface area contributed by atoms with E-state index in [1.54, 1.807) is 6.07 Å². The highest BCUT2D eigenvalue weighted by atomic mass is 19.1. The first-order valence-corrected chi connectivity index (χ1v) is 14.6. The number of hydrogen-bond acceptors (Lipinski definition) is 4. The first kappa shape index (κ1) is 28.6. The smallest absolute Gasteiger partial charge is 0.314 e. The average molecular weight is 500 g/mol. The molecule has 1 aromatic carbocycles. The highest BCUT2D eigenvalue weighted by molar-refractivity contribution is 5.75. The number of benzene rings is 1. The van der Waals surface area contributed by atoms with E-state index < -0.39 is 5.82 Å². The van der Waals surface area contributed by atoms with Gasteiger partial charge in [0.25, 0.3) is 0 Å². The third kappa shape index (κ3) is 9.85. The fourth-order valence-corrected chi connectivity index (χ4v) is 5.84. The third-order valence-corrected chi connectivity index (χ3v) is 8.29. The van der Waals surface area contributed by atoms with Crippen LogP contribution in [0.4, 0.5) is 4.39 Å². The third-order valence-electron chi connectivity index (χ3n) is 8.29. The Kier molecular flexibility index (Phi) is 12.7. The van der Waals surface area contributed by atoms with Crippen LogP contribution in [-0.2, 0) is 9.53 Å². The van der Waals surface area contributed by atoms with Gasteiger partial charge in [0.2, 0.25) is 0 Å². The van der Waals surface area contributed by atoms with E-state index >= 15 is 0 Å². The van der Waals surface area contributed by atoms with Gasteiger partial charge in [0, 0.05) is 12.7 Å². The normalized spacial score (nSPS) is 24.2. The van der Waals surface area contributed by atoms with Gasteiger partial charge in [-0.15, -0.1) is 0 Å². The molecule has 3 rings (SSSR count). The molecule has 0 N–H and O–H groups in total. The van der Waals surface area contributed by atoms with E-state index in [4.69, 9.17) is 14.7 Å². The summed E-state index contributed by atoms with van der Waals surface area (Å²) in [6, 6.07) is 5.69. The number of carbonyl (C=O) groups is 1. The topological polar surface area (TPSA) is 59.3 Å². The minimum atomic E-state index is -0.665. The highest BCUT2D eigenvalue weighted by Crippen LogP contribution is 2.34. The average Bonchev–Trinajstić information content (AvgIpc) is 2.90. The molecule has 4 nitrogen and oxygen atoms in total. The predicted octanol–water partition coefficient (Wildman–Crippen LogP) is 8.52. The van der Waals surface area contributed by atoms with E-state index in [1.165, 1.54) is 95.6 Å². The van der Waals surface area contributed by atoms with Gasteiger partial charge in [0.05, 0.1) is 17.6 Å². The maximum atomic E-state index is 13.8. The molecule has 0 unspecified atom stereocenters. The van der Waals surface area contributed by atoms with Crippen molar-refractivity contribution < 1.29 is 18.7 Å². The second kappa shape index (κ2) is 16.0. The Morgan fingerprint density at radius 1 is 0.917 bits per heavy atom. The molecule has 2 aliphatic carbocycles. The quantitative estimate of drug-likeness (QED) is 0.146. The van der Waals surface area contributed by atoms with Gasteiger partial charge >= 0.3 is 5.97 Å². The molecule has 0 atom stereocenters. The second-order valence-electron chi connectivity index (χ2n) is 11.1. The summed E-state index contributed by atoms with van der Waals surface area (Å²) in [5.41, 5.74) is -0.0514. The van der Waals surface area contributed by atoms with Crippen molar-refractivity contribution in [2.24, 2.45) is 17.8 Å². The maximum absolute atomic E-state index is 13.8. The number of rotatable bonds is 14. The Bertz CT molecular complexity index is 820. The van der Waals surface area contributed by atoms with Gasteiger partial charge in [0.15, 0.2) is 0 Å². The fraction of sp³-hybridized carbons (Fsp3) is 0.742.